The third-order valence-electron chi connectivity index (χ3n) is 4.30. The molecule has 1 aromatic carbocycles. The second-order valence-corrected chi connectivity index (χ2v) is 5.53. The standard InChI is InChI=1S/C16H24N2O.ClH/c1-3-15(17)16(19)18-10-9-14(12(18)2)11-13-7-5-4-6-8-13;/h4-8,12,14-15H,3,9-11,17H2,1-2H3;1H/t12?,14?,15-;/m0./s1. The molecule has 0 saturated carbocycles. The number of carbonyl (C=O) groups is 1. The first kappa shape index (κ1) is 17.0. The number of hydrogen-bond acceptors (Lipinski definition) is 2. The molecule has 1 aliphatic heterocycles. The molecule has 2 N–H and O–H groups in total. The van der Waals surface area contributed by atoms with E-state index in [1.165, 1.54) is 5.56 Å². The molecule has 1 fully saturated rings. The van der Waals surface area contributed by atoms with Crippen LogP contribution in [0.1, 0.15) is 32.3 Å². The monoisotopic (exact) mass is 296 g/mol. The number of rotatable bonds is 4. The number of amides is 1. The molecule has 2 unspecified atom stereocenters. The summed E-state index contributed by atoms with van der Waals surface area (Å²) in [6.07, 6.45) is 2.84. The first-order valence-corrected chi connectivity index (χ1v) is 7.23. The Labute approximate surface area is 127 Å². The van der Waals surface area contributed by atoms with Crippen LogP contribution in [0.2, 0.25) is 0 Å². The second-order valence-electron chi connectivity index (χ2n) is 5.53. The van der Waals surface area contributed by atoms with Crippen LogP contribution in [-0.4, -0.2) is 29.4 Å². The molecule has 0 aliphatic carbocycles. The minimum absolute atomic E-state index is 0. The molecular formula is C16H25ClN2O. The molecule has 1 amide bonds. The van der Waals surface area contributed by atoms with Crippen LogP contribution in [0.15, 0.2) is 30.3 Å². The predicted molar refractivity (Wildman–Crippen MR) is 84.9 cm³/mol. The molecule has 0 bridgehead atoms. The highest BCUT2D eigenvalue weighted by Gasteiger charge is 2.35. The number of halogens is 1. The van der Waals surface area contributed by atoms with Gasteiger partial charge in [-0.15, -0.1) is 12.4 Å². The van der Waals surface area contributed by atoms with Crippen molar-refractivity contribution in [1.29, 1.82) is 0 Å². The maximum absolute atomic E-state index is 12.2. The number of carbonyl (C=O) groups excluding carboxylic acids is 1. The third-order valence-corrected chi connectivity index (χ3v) is 4.30. The van der Waals surface area contributed by atoms with Crippen molar-refractivity contribution in [2.45, 2.75) is 45.2 Å². The molecule has 0 radical (unpaired) electrons. The number of hydrogen-bond donors (Lipinski definition) is 1. The van der Waals surface area contributed by atoms with E-state index in [0.29, 0.717) is 18.4 Å². The molecule has 3 atom stereocenters. The van der Waals surface area contributed by atoms with E-state index in [2.05, 4.69) is 31.2 Å². The van der Waals surface area contributed by atoms with Gasteiger partial charge in [-0.2, -0.15) is 0 Å². The fourth-order valence-electron chi connectivity index (χ4n) is 2.89. The lowest BCUT2D eigenvalue weighted by Gasteiger charge is -2.27. The smallest absolute Gasteiger partial charge is 0.239 e. The van der Waals surface area contributed by atoms with Gasteiger partial charge >= 0.3 is 0 Å². The molecule has 1 saturated heterocycles. The van der Waals surface area contributed by atoms with E-state index in [9.17, 15) is 4.79 Å². The summed E-state index contributed by atoms with van der Waals surface area (Å²) in [5, 5.41) is 0. The van der Waals surface area contributed by atoms with E-state index in [1.54, 1.807) is 0 Å². The summed E-state index contributed by atoms with van der Waals surface area (Å²) in [5.74, 6) is 0.668. The van der Waals surface area contributed by atoms with Crippen molar-refractivity contribution in [3.05, 3.63) is 35.9 Å². The van der Waals surface area contributed by atoms with Gasteiger partial charge in [0.05, 0.1) is 6.04 Å². The molecule has 3 nitrogen and oxygen atoms in total. The topological polar surface area (TPSA) is 46.3 Å². The fraction of sp³-hybridized carbons (Fsp3) is 0.562. The summed E-state index contributed by atoms with van der Waals surface area (Å²) < 4.78 is 0. The van der Waals surface area contributed by atoms with Crippen LogP contribution < -0.4 is 5.73 Å². The van der Waals surface area contributed by atoms with Gasteiger partial charge in [0.25, 0.3) is 0 Å². The van der Waals surface area contributed by atoms with Crippen LogP contribution >= 0.6 is 12.4 Å². The number of likely N-dealkylation sites (tertiary alicyclic amines) is 1. The van der Waals surface area contributed by atoms with Crippen molar-refractivity contribution in [3.8, 4) is 0 Å². The Morgan fingerprint density at radius 2 is 2.05 bits per heavy atom. The summed E-state index contributed by atoms with van der Waals surface area (Å²) in [6, 6.07) is 10.5. The molecule has 1 heterocycles. The van der Waals surface area contributed by atoms with E-state index in [-0.39, 0.29) is 24.4 Å². The van der Waals surface area contributed by atoms with Crippen LogP contribution in [0, 0.1) is 5.92 Å². The van der Waals surface area contributed by atoms with Crippen LogP contribution in [0.4, 0.5) is 0 Å². The minimum atomic E-state index is -0.335. The van der Waals surface area contributed by atoms with E-state index < -0.39 is 0 Å². The van der Waals surface area contributed by atoms with Crippen LogP contribution in [-0.2, 0) is 11.2 Å². The zero-order valence-corrected chi connectivity index (χ0v) is 13.1. The lowest BCUT2D eigenvalue weighted by Crippen LogP contribution is -2.45. The maximum Gasteiger partial charge on any atom is 0.239 e. The summed E-state index contributed by atoms with van der Waals surface area (Å²) in [4.78, 5) is 14.2. The van der Waals surface area contributed by atoms with Gasteiger partial charge in [0.1, 0.15) is 0 Å². The maximum atomic E-state index is 12.2. The molecule has 112 valence electrons. The molecular weight excluding hydrogens is 272 g/mol. The lowest BCUT2D eigenvalue weighted by molar-refractivity contribution is -0.133. The SMILES string of the molecule is CC[C@H](N)C(=O)N1CCC(Cc2ccccc2)C1C.Cl. The van der Waals surface area contributed by atoms with Crippen molar-refractivity contribution in [1.82, 2.24) is 4.90 Å². The zero-order chi connectivity index (χ0) is 13.8. The van der Waals surface area contributed by atoms with E-state index in [4.69, 9.17) is 5.73 Å². The molecule has 2 rings (SSSR count). The van der Waals surface area contributed by atoms with Crippen molar-refractivity contribution >= 4 is 18.3 Å². The zero-order valence-electron chi connectivity index (χ0n) is 12.3. The summed E-state index contributed by atoms with van der Waals surface area (Å²) in [7, 11) is 0. The molecule has 0 aromatic heterocycles. The summed E-state index contributed by atoms with van der Waals surface area (Å²) in [5.41, 5.74) is 7.22. The van der Waals surface area contributed by atoms with Crippen molar-refractivity contribution in [2.75, 3.05) is 6.54 Å². The quantitative estimate of drug-likeness (QED) is 0.928. The van der Waals surface area contributed by atoms with E-state index >= 15 is 0 Å². The average Bonchev–Trinajstić information content (AvgIpc) is 2.80. The van der Waals surface area contributed by atoms with Gasteiger partial charge in [-0.25, -0.2) is 0 Å². The normalized spacial score (nSPS) is 23.2. The van der Waals surface area contributed by atoms with Crippen LogP contribution in [0.5, 0.6) is 0 Å². The summed E-state index contributed by atoms with van der Waals surface area (Å²) >= 11 is 0. The van der Waals surface area contributed by atoms with Gasteiger partial charge in [0, 0.05) is 12.6 Å². The largest absolute Gasteiger partial charge is 0.338 e. The minimum Gasteiger partial charge on any atom is -0.338 e. The Bertz CT molecular complexity index is 424. The fourth-order valence-corrected chi connectivity index (χ4v) is 2.89. The molecule has 1 aromatic rings. The van der Waals surface area contributed by atoms with Gasteiger partial charge in [-0.05, 0) is 37.7 Å². The number of benzene rings is 1. The Balaban J connectivity index is 0.00000200. The molecule has 20 heavy (non-hydrogen) atoms. The van der Waals surface area contributed by atoms with Gasteiger partial charge in [0.15, 0.2) is 0 Å². The van der Waals surface area contributed by atoms with Crippen LogP contribution in [0.25, 0.3) is 0 Å². The highest BCUT2D eigenvalue weighted by Crippen LogP contribution is 2.28. The third kappa shape index (κ3) is 3.74. The van der Waals surface area contributed by atoms with E-state index in [1.807, 2.05) is 17.9 Å². The van der Waals surface area contributed by atoms with E-state index in [0.717, 1.165) is 19.4 Å². The highest BCUT2D eigenvalue weighted by molar-refractivity contribution is 5.85. The Hall–Kier alpha value is -1.06. The predicted octanol–water partition coefficient (Wildman–Crippen LogP) is 2.63. The van der Waals surface area contributed by atoms with Crippen molar-refractivity contribution in [3.63, 3.8) is 0 Å². The van der Waals surface area contributed by atoms with Gasteiger partial charge in [-0.1, -0.05) is 37.3 Å². The Kier molecular flexibility index (Phi) is 6.50. The van der Waals surface area contributed by atoms with Crippen molar-refractivity contribution in [2.24, 2.45) is 11.7 Å². The first-order valence-electron chi connectivity index (χ1n) is 7.23. The number of nitrogens with two attached hydrogens (primary N) is 1. The van der Waals surface area contributed by atoms with Gasteiger partial charge < -0.3 is 10.6 Å². The summed E-state index contributed by atoms with van der Waals surface area (Å²) in [6.45, 7) is 4.97. The molecule has 1 aliphatic rings. The van der Waals surface area contributed by atoms with Crippen LogP contribution in [0.3, 0.4) is 0 Å². The average molecular weight is 297 g/mol. The molecule has 0 spiro atoms. The number of nitrogens with zero attached hydrogens (tertiary/aromatic N) is 1. The first-order chi connectivity index (χ1) is 9.13. The Morgan fingerprint density at radius 1 is 1.40 bits per heavy atom. The van der Waals surface area contributed by atoms with Gasteiger partial charge in [-0.3, -0.25) is 4.79 Å². The highest BCUT2D eigenvalue weighted by atomic mass is 35.5. The Morgan fingerprint density at radius 3 is 2.65 bits per heavy atom. The lowest BCUT2D eigenvalue weighted by atomic mass is 9.93. The molecule has 4 heteroatoms. The van der Waals surface area contributed by atoms with Gasteiger partial charge in [0.2, 0.25) is 5.91 Å². The second kappa shape index (κ2) is 7.65. The van der Waals surface area contributed by atoms with Crippen molar-refractivity contribution < 1.29 is 4.79 Å².